The summed E-state index contributed by atoms with van der Waals surface area (Å²) in [5.41, 5.74) is 2.85. The maximum absolute atomic E-state index is 13.6. The second-order valence-corrected chi connectivity index (χ2v) is 14.7. The van der Waals surface area contributed by atoms with E-state index in [0.29, 0.717) is 30.9 Å². The molecule has 0 atom stereocenters. The van der Waals surface area contributed by atoms with Crippen molar-refractivity contribution in [3.8, 4) is 22.8 Å². The predicted octanol–water partition coefficient (Wildman–Crippen LogP) is 6.11. The molecule has 0 bridgehead atoms. The van der Waals surface area contributed by atoms with E-state index in [1.165, 1.54) is 11.0 Å². The first-order valence-corrected chi connectivity index (χ1v) is 18.8. The third-order valence-electron chi connectivity index (χ3n) is 9.34. The largest absolute Gasteiger partial charge is 0.514 e. The van der Waals surface area contributed by atoms with E-state index in [1.54, 1.807) is 37.6 Å². The second kappa shape index (κ2) is 19.2. The van der Waals surface area contributed by atoms with Crippen molar-refractivity contribution in [3.05, 3.63) is 66.4 Å². The molecule has 15 nitrogen and oxygen atoms in total. The fraction of sp³-hybridized carbons (Fsp3) is 0.500. The van der Waals surface area contributed by atoms with Crippen LogP contribution in [0.1, 0.15) is 70.4 Å². The Morgan fingerprint density at radius 3 is 2.62 bits per heavy atom. The molecular weight excluding hydrogens is 708 g/mol. The molecule has 1 saturated carbocycles. The van der Waals surface area contributed by atoms with Gasteiger partial charge in [0, 0.05) is 31.2 Å². The van der Waals surface area contributed by atoms with Crippen molar-refractivity contribution in [3.63, 3.8) is 0 Å². The Balaban J connectivity index is 1.15. The van der Waals surface area contributed by atoms with Gasteiger partial charge in [-0.05, 0) is 69.7 Å². The average Bonchev–Trinajstić information content (AvgIpc) is 3.62. The summed E-state index contributed by atoms with van der Waals surface area (Å²) >= 11 is 0. The minimum absolute atomic E-state index is 0.0469. The number of hydrogen-bond donors (Lipinski definition) is 2. The zero-order chi connectivity index (χ0) is 39.4. The van der Waals surface area contributed by atoms with Crippen molar-refractivity contribution in [2.75, 3.05) is 44.8 Å². The van der Waals surface area contributed by atoms with Crippen molar-refractivity contribution >= 4 is 29.8 Å². The number of ether oxygens (including phenoxy) is 4. The molecule has 15 heteroatoms. The summed E-state index contributed by atoms with van der Waals surface area (Å²) in [6.07, 6.45) is 7.63. The number of allylic oxidation sites excluding steroid dienone is 1. The molecule has 5 rings (SSSR count). The minimum atomic E-state index is -1.11. The molecule has 1 aromatic heterocycles. The van der Waals surface area contributed by atoms with Gasteiger partial charge in [-0.15, -0.1) is 11.7 Å². The van der Waals surface area contributed by atoms with Crippen LogP contribution < -0.4 is 14.8 Å². The van der Waals surface area contributed by atoms with E-state index in [9.17, 15) is 24.3 Å². The molecule has 55 heavy (non-hydrogen) atoms. The van der Waals surface area contributed by atoms with E-state index in [2.05, 4.69) is 28.3 Å². The number of nitrogens with one attached hydrogen (secondary N) is 1. The quantitative estimate of drug-likeness (QED) is 0.0703. The summed E-state index contributed by atoms with van der Waals surface area (Å²) in [5.74, 6) is -0.125. The van der Waals surface area contributed by atoms with Crippen LogP contribution in [0.15, 0.2) is 55.3 Å². The lowest BCUT2D eigenvalue weighted by atomic mass is 9.94. The molecule has 0 unspecified atom stereocenters. The first-order valence-electron chi connectivity index (χ1n) is 18.8. The maximum Gasteiger partial charge on any atom is 0.514 e. The first kappa shape index (κ1) is 40.7. The summed E-state index contributed by atoms with van der Waals surface area (Å²) in [6.45, 7) is 10.4. The first-order chi connectivity index (χ1) is 26.4. The van der Waals surface area contributed by atoms with Crippen LogP contribution in [0.3, 0.4) is 0 Å². The Labute approximate surface area is 321 Å². The van der Waals surface area contributed by atoms with Gasteiger partial charge in [-0.3, -0.25) is 9.59 Å². The molecule has 1 fully saturated rings. The number of amides is 3. The van der Waals surface area contributed by atoms with Gasteiger partial charge in [0.15, 0.2) is 18.1 Å². The number of aromatic nitrogens is 3. The van der Waals surface area contributed by atoms with E-state index in [-0.39, 0.29) is 69.1 Å². The number of fused-ring (bicyclic) bond motifs is 1. The van der Waals surface area contributed by atoms with Gasteiger partial charge < -0.3 is 39.2 Å². The highest BCUT2D eigenvalue weighted by molar-refractivity contribution is 5.98. The molecule has 3 aromatic rings. The van der Waals surface area contributed by atoms with Gasteiger partial charge >= 0.3 is 12.2 Å². The standard InChI is InChI=1S/C40H52N6O9/c1-5-19-45-26-32(42-43-45)30-11-9-10-28(25-30)17-23-52-24-18-35(48)46(31-12-7-6-8-13-31)22-21-44(38(49)50)20-16-29-14-15-33(54-39(51)55-40(2,3)4)36-37(29)53-27-34(47)41-36/h5,9-11,14-15,25-26,31H,1,6-8,12-13,16-24,27H2,2-4H3,(H,41,47)(H,49,50). The molecular formula is C40H52N6O9. The zero-order valence-electron chi connectivity index (χ0n) is 32.0. The highest BCUT2D eigenvalue weighted by atomic mass is 16.7. The van der Waals surface area contributed by atoms with Gasteiger partial charge in [0.25, 0.3) is 5.91 Å². The highest BCUT2D eigenvalue weighted by Crippen LogP contribution is 2.40. The van der Waals surface area contributed by atoms with Crippen LogP contribution in [0.2, 0.25) is 0 Å². The SMILES string of the molecule is C=CCn1cc(-c2cccc(CCOCCC(=O)N(CCN(CCc3ccc(OC(=O)OC(C)(C)C)c4c3OCC(=O)N4)C(=O)O)C3CCCCC3)c2)nn1. The lowest BCUT2D eigenvalue weighted by Crippen LogP contribution is -2.47. The van der Waals surface area contributed by atoms with E-state index in [0.717, 1.165) is 48.9 Å². The number of rotatable bonds is 17. The highest BCUT2D eigenvalue weighted by Gasteiger charge is 2.29. The van der Waals surface area contributed by atoms with Gasteiger partial charge in [0.2, 0.25) is 5.91 Å². The Kier molecular flexibility index (Phi) is 14.3. The zero-order valence-corrected chi connectivity index (χ0v) is 32.0. The van der Waals surface area contributed by atoms with Crippen LogP contribution in [0.25, 0.3) is 11.3 Å². The number of carbonyl (C=O) groups is 4. The van der Waals surface area contributed by atoms with E-state index >= 15 is 0 Å². The van der Waals surface area contributed by atoms with E-state index < -0.39 is 23.8 Å². The van der Waals surface area contributed by atoms with Crippen molar-refractivity contribution in [1.29, 1.82) is 0 Å². The molecule has 0 spiro atoms. The second-order valence-electron chi connectivity index (χ2n) is 14.7. The van der Waals surface area contributed by atoms with E-state index in [1.807, 2.05) is 29.3 Å². The molecule has 0 radical (unpaired) electrons. The molecule has 296 valence electrons. The third-order valence-corrected chi connectivity index (χ3v) is 9.34. The maximum atomic E-state index is 13.6. The monoisotopic (exact) mass is 760 g/mol. The van der Waals surface area contributed by atoms with Gasteiger partial charge in [0.05, 0.1) is 32.4 Å². The van der Waals surface area contributed by atoms with Crippen LogP contribution in [-0.2, 0) is 38.4 Å². The van der Waals surface area contributed by atoms with Crippen LogP contribution in [0.5, 0.6) is 11.5 Å². The lowest BCUT2D eigenvalue weighted by molar-refractivity contribution is -0.135. The minimum Gasteiger partial charge on any atom is -0.481 e. The fourth-order valence-electron chi connectivity index (χ4n) is 6.67. The number of benzene rings is 2. The summed E-state index contributed by atoms with van der Waals surface area (Å²) in [4.78, 5) is 53.7. The summed E-state index contributed by atoms with van der Waals surface area (Å²) in [6, 6.07) is 11.3. The lowest BCUT2D eigenvalue weighted by Gasteiger charge is -2.36. The molecule has 3 amide bonds. The molecule has 1 aliphatic carbocycles. The van der Waals surface area contributed by atoms with Gasteiger partial charge in [0.1, 0.15) is 17.0 Å². The predicted molar refractivity (Wildman–Crippen MR) is 204 cm³/mol. The Morgan fingerprint density at radius 2 is 1.87 bits per heavy atom. The van der Waals surface area contributed by atoms with Crippen LogP contribution in [-0.4, -0.2) is 105 Å². The average molecular weight is 761 g/mol. The molecule has 0 saturated heterocycles. The van der Waals surface area contributed by atoms with Crippen molar-refractivity contribution in [2.45, 2.75) is 90.3 Å². The van der Waals surface area contributed by atoms with Gasteiger partial charge in [-0.25, -0.2) is 14.3 Å². The normalized spacial score (nSPS) is 14.3. The third kappa shape index (κ3) is 12.0. The topological polar surface area (TPSA) is 175 Å². The molecule has 2 aromatic carbocycles. The smallest absolute Gasteiger partial charge is 0.481 e. The van der Waals surface area contributed by atoms with Crippen LogP contribution in [0.4, 0.5) is 15.3 Å². The Morgan fingerprint density at radius 1 is 1.07 bits per heavy atom. The number of anilines is 1. The molecule has 2 aliphatic rings. The van der Waals surface area contributed by atoms with Crippen molar-refractivity contribution < 1.29 is 43.2 Å². The molecule has 2 heterocycles. The fourth-order valence-corrected chi connectivity index (χ4v) is 6.67. The van der Waals surface area contributed by atoms with Crippen LogP contribution in [0, 0.1) is 0 Å². The molecule has 2 N–H and O–H groups in total. The number of carbonyl (C=O) groups excluding carboxylic acids is 3. The Hall–Kier alpha value is -5.44. The van der Waals surface area contributed by atoms with Crippen molar-refractivity contribution in [2.24, 2.45) is 0 Å². The van der Waals surface area contributed by atoms with Gasteiger partial charge in [-0.1, -0.05) is 54.8 Å². The Bertz CT molecular complexity index is 1810. The molecule has 1 aliphatic heterocycles. The van der Waals surface area contributed by atoms with Gasteiger partial charge in [-0.2, -0.15) is 0 Å². The number of nitrogens with zero attached hydrogens (tertiary/aromatic N) is 5. The summed E-state index contributed by atoms with van der Waals surface area (Å²) < 4.78 is 24.0. The van der Waals surface area contributed by atoms with E-state index in [4.69, 9.17) is 18.9 Å². The summed E-state index contributed by atoms with van der Waals surface area (Å²) in [7, 11) is 0. The summed E-state index contributed by atoms with van der Waals surface area (Å²) in [5, 5.41) is 21.2. The van der Waals surface area contributed by atoms with Crippen LogP contribution >= 0.6 is 0 Å². The number of carboxylic acid groups (broad SMARTS) is 1. The van der Waals surface area contributed by atoms with Crippen molar-refractivity contribution in [1.82, 2.24) is 24.8 Å². The number of hydrogen-bond acceptors (Lipinski definition) is 10.